The lowest BCUT2D eigenvalue weighted by Gasteiger charge is -2.21. The van der Waals surface area contributed by atoms with Crippen LogP contribution in [0.4, 0.5) is 11.4 Å². The fourth-order valence-electron chi connectivity index (χ4n) is 1.21. The van der Waals surface area contributed by atoms with E-state index in [2.05, 4.69) is 21.2 Å². The standard InChI is InChI=1S/C11H17BrN2O/c1-7(6-15)8(2)14-11-4-3-9(12)5-10(11)13/h3-5,7-8,14-15H,6,13H2,1-2H3. The second-order valence-corrected chi connectivity index (χ2v) is 4.74. The van der Waals surface area contributed by atoms with Crippen molar-refractivity contribution < 1.29 is 5.11 Å². The van der Waals surface area contributed by atoms with Crippen LogP contribution in [0.2, 0.25) is 0 Å². The molecule has 0 aromatic heterocycles. The minimum absolute atomic E-state index is 0.171. The molecular weight excluding hydrogens is 256 g/mol. The molecule has 0 aliphatic carbocycles. The number of rotatable bonds is 4. The molecule has 84 valence electrons. The van der Waals surface area contributed by atoms with Crippen molar-refractivity contribution >= 4 is 27.3 Å². The Morgan fingerprint density at radius 1 is 1.47 bits per heavy atom. The van der Waals surface area contributed by atoms with E-state index in [1.54, 1.807) is 0 Å². The molecule has 0 saturated carbocycles. The van der Waals surface area contributed by atoms with E-state index in [1.165, 1.54) is 0 Å². The lowest BCUT2D eigenvalue weighted by Crippen LogP contribution is -2.26. The summed E-state index contributed by atoms with van der Waals surface area (Å²) in [5, 5.41) is 12.3. The van der Waals surface area contributed by atoms with Gasteiger partial charge in [0.1, 0.15) is 0 Å². The number of nitrogen functional groups attached to an aromatic ring is 1. The Kier molecular flexibility index (Phi) is 4.42. The smallest absolute Gasteiger partial charge is 0.0576 e. The lowest BCUT2D eigenvalue weighted by atomic mass is 10.0. The van der Waals surface area contributed by atoms with Gasteiger partial charge in [0.05, 0.1) is 11.4 Å². The fraction of sp³-hybridized carbons (Fsp3) is 0.455. The van der Waals surface area contributed by atoms with Crippen LogP contribution in [0.5, 0.6) is 0 Å². The first-order valence-corrected chi connectivity index (χ1v) is 5.76. The van der Waals surface area contributed by atoms with Crippen molar-refractivity contribution in [3.8, 4) is 0 Å². The summed E-state index contributed by atoms with van der Waals surface area (Å²) in [5.74, 6) is 0.202. The van der Waals surface area contributed by atoms with E-state index in [1.807, 2.05) is 32.0 Å². The molecule has 0 amide bonds. The normalized spacial score (nSPS) is 14.7. The minimum atomic E-state index is 0.171. The summed E-state index contributed by atoms with van der Waals surface area (Å²) in [7, 11) is 0. The van der Waals surface area contributed by atoms with Crippen LogP contribution in [0.25, 0.3) is 0 Å². The third kappa shape index (κ3) is 3.39. The Morgan fingerprint density at radius 3 is 2.67 bits per heavy atom. The van der Waals surface area contributed by atoms with Gasteiger partial charge in [-0.3, -0.25) is 0 Å². The second-order valence-electron chi connectivity index (χ2n) is 3.82. The van der Waals surface area contributed by atoms with Gasteiger partial charge in [-0.2, -0.15) is 0 Å². The topological polar surface area (TPSA) is 58.3 Å². The number of aliphatic hydroxyl groups is 1. The van der Waals surface area contributed by atoms with Gasteiger partial charge < -0.3 is 16.2 Å². The first-order chi connectivity index (χ1) is 7.04. The Bertz CT molecular complexity index is 330. The van der Waals surface area contributed by atoms with Crippen molar-refractivity contribution in [2.24, 2.45) is 5.92 Å². The molecule has 0 aliphatic heterocycles. The molecule has 15 heavy (non-hydrogen) atoms. The highest BCUT2D eigenvalue weighted by molar-refractivity contribution is 9.10. The van der Waals surface area contributed by atoms with Crippen LogP contribution >= 0.6 is 15.9 Å². The van der Waals surface area contributed by atoms with Crippen LogP contribution in [0.3, 0.4) is 0 Å². The van der Waals surface area contributed by atoms with Crippen molar-refractivity contribution in [2.75, 3.05) is 17.7 Å². The van der Waals surface area contributed by atoms with Gasteiger partial charge in [-0.15, -0.1) is 0 Å². The van der Waals surface area contributed by atoms with E-state index in [0.29, 0.717) is 5.69 Å². The van der Waals surface area contributed by atoms with E-state index in [-0.39, 0.29) is 18.6 Å². The van der Waals surface area contributed by atoms with Crippen LogP contribution in [-0.2, 0) is 0 Å². The molecule has 1 aromatic carbocycles. The van der Waals surface area contributed by atoms with Crippen LogP contribution in [0.15, 0.2) is 22.7 Å². The Labute approximate surface area is 98.8 Å². The predicted molar refractivity (Wildman–Crippen MR) is 67.9 cm³/mol. The third-order valence-corrected chi connectivity index (χ3v) is 3.03. The highest BCUT2D eigenvalue weighted by atomic mass is 79.9. The monoisotopic (exact) mass is 272 g/mol. The molecule has 1 rings (SSSR count). The summed E-state index contributed by atoms with van der Waals surface area (Å²) in [6, 6.07) is 5.92. The first kappa shape index (κ1) is 12.3. The van der Waals surface area contributed by atoms with Gasteiger partial charge in [-0.05, 0) is 31.0 Å². The zero-order chi connectivity index (χ0) is 11.4. The molecule has 4 heteroatoms. The molecule has 3 nitrogen and oxygen atoms in total. The van der Waals surface area contributed by atoms with Crippen LogP contribution in [0.1, 0.15) is 13.8 Å². The van der Waals surface area contributed by atoms with Gasteiger partial charge in [0.15, 0.2) is 0 Å². The molecule has 0 saturated heterocycles. The first-order valence-electron chi connectivity index (χ1n) is 4.97. The van der Waals surface area contributed by atoms with E-state index < -0.39 is 0 Å². The van der Waals surface area contributed by atoms with Gasteiger partial charge in [0.25, 0.3) is 0 Å². The number of halogens is 1. The molecule has 4 N–H and O–H groups in total. The molecule has 2 unspecified atom stereocenters. The zero-order valence-electron chi connectivity index (χ0n) is 9.00. The number of nitrogens with one attached hydrogen (secondary N) is 1. The Balaban J connectivity index is 2.72. The summed E-state index contributed by atoms with van der Waals surface area (Å²) < 4.78 is 0.966. The van der Waals surface area contributed by atoms with E-state index in [9.17, 15) is 0 Å². The van der Waals surface area contributed by atoms with E-state index in [4.69, 9.17) is 10.8 Å². The molecule has 0 heterocycles. The maximum Gasteiger partial charge on any atom is 0.0576 e. The Hall–Kier alpha value is -0.740. The van der Waals surface area contributed by atoms with Gasteiger partial charge >= 0.3 is 0 Å². The third-order valence-electron chi connectivity index (χ3n) is 2.54. The van der Waals surface area contributed by atoms with Crippen molar-refractivity contribution in [3.05, 3.63) is 22.7 Å². The number of hydrogen-bond acceptors (Lipinski definition) is 3. The molecule has 0 radical (unpaired) electrons. The molecular formula is C11H17BrN2O. The Morgan fingerprint density at radius 2 is 2.13 bits per heavy atom. The van der Waals surface area contributed by atoms with Crippen molar-refractivity contribution in [1.29, 1.82) is 0 Å². The van der Waals surface area contributed by atoms with Crippen molar-refractivity contribution in [3.63, 3.8) is 0 Å². The summed E-state index contributed by atoms with van der Waals surface area (Å²) in [6.07, 6.45) is 0. The maximum absolute atomic E-state index is 9.02. The highest BCUT2D eigenvalue weighted by Crippen LogP contribution is 2.24. The minimum Gasteiger partial charge on any atom is -0.397 e. The number of anilines is 2. The summed E-state index contributed by atoms with van der Waals surface area (Å²) in [6.45, 7) is 4.19. The molecule has 2 atom stereocenters. The van der Waals surface area contributed by atoms with Gasteiger partial charge in [0.2, 0.25) is 0 Å². The van der Waals surface area contributed by atoms with Crippen LogP contribution < -0.4 is 11.1 Å². The van der Waals surface area contributed by atoms with E-state index >= 15 is 0 Å². The number of aliphatic hydroxyl groups excluding tert-OH is 1. The van der Waals surface area contributed by atoms with E-state index in [0.717, 1.165) is 10.2 Å². The number of benzene rings is 1. The zero-order valence-corrected chi connectivity index (χ0v) is 10.6. The summed E-state index contributed by atoms with van der Waals surface area (Å²) >= 11 is 3.36. The number of nitrogens with two attached hydrogens (primary N) is 1. The molecule has 0 aliphatic rings. The van der Waals surface area contributed by atoms with Crippen molar-refractivity contribution in [2.45, 2.75) is 19.9 Å². The average Bonchev–Trinajstić information content (AvgIpc) is 2.20. The summed E-state index contributed by atoms with van der Waals surface area (Å²) in [5.41, 5.74) is 7.47. The quantitative estimate of drug-likeness (QED) is 0.738. The molecule has 1 aromatic rings. The largest absolute Gasteiger partial charge is 0.397 e. The molecule has 0 spiro atoms. The molecule has 0 fully saturated rings. The van der Waals surface area contributed by atoms with Crippen LogP contribution in [-0.4, -0.2) is 17.8 Å². The van der Waals surface area contributed by atoms with Crippen LogP contribution in [0, 0.1) is 5.92 Å². The maximum atomic E-state index is 9.02. The number of hydrogen-bond donors (Lipinski definition) is 3. The van der Waals surface area contributed by atoms with Crippen molar-refractivity contribution in [1.82, 2.24) is 0 Å². The molecule has 0 bridgehead atoms. The van der Waals surface area contributed by atoms with Gasteiger partial charge in [-0.1, -0.05) is 22.9 Å². The van der Waals surface area contributed by atoms with Gasteiger partial charge in [-0.25, -0.2) is 0 Å². The average molecular weight is 273 g/mol. The second kappa shape index (κ2) is 5.37. The summed E-state index contributed by atoms with van der Waals surface area (Å²) in [4.78, 5) is 0. The SMILES string of the molecule is CC(CO)C(C)Nc1ccc(Br)cc1N. The highest BCUT2D eigenvalue weighted by Gasteiger charge is 2.11. The fourth-order valence-corrected chi connectivity index (χ4v) is 1.59. The van der Waals surface area contributed by atoms with Gasteiger partial charge in [0, 0.05) is 17.1 Å². The predicted octanol–water partition coefficient (Wildman–Crippen LogP) is 2.46. The lowest BCUT2D eigenvalue weighted by molar-refractivity contribution is 0.226.